The Morgan fingerprint density at radius 2 is 1.85 bits per heavy atom. The predicted molar refractivity (Wildman–Crippen MR) is 107 cm³/mol. The van der Waals surface area contributed by atoms with Crippen LogP contribution >= 0.6 is 23.2 Å². The molecule has 27 heavy (non-hydrogen) atoms. The number of benzene rings is 2. The van der Waals surface area contributed by atoms with Crippen LogP contribution in [0.15, 0.2) is 71.2 Å². The van der Waals surface area contributed by atoms with Gasteiger partial charge in [-0.05, 0) is 24.3 Å². The molecule has 0 unspecified atom stereocenters. The fraction of sp³-hybridized carbons (Fsp3) is 0.0526. The number of carbonyl (C=O) groups excluding carboxylic acids is 1. The smallest absolute Gasteiger partial charge is 0.249 e. The van der Waals surface area contributed by atoms with E-state index in [1.54, 1.807) is 22.9 Å². The van der Waals surface area contributed by atoms with Crippen molar-refractivity contribution >= 4 is 34.9 Å². The molecular formula is C19H16Cl2N4O2. The van der Waals surface area contributed by atoms with Crippen LogP contribution in [0.3, 0.4) is 0 Å². The number of amides is 1. The van der Waals surface area contributed by atoms with Crippen LogP contribution in [0.1, 0.15) is 10.4 Å². The number of hydrogen-bond donors (Lipinski definition) is 2. The summed E-state index contributed by atoms with van der Waals surface area (Å²) < 4.78 is 1.82. The van der Waals surface area contributed by atoms with Gasteiger partial charge in [-0.3, -0.25) is 9.63 Å². The monoisotopic (exact) mass is 402 g/mol. The van der Waals surface area contributed by atoms with Gasteiger partial charge in [-0.2, -0.15) is 0 Å². The van der Waals surface area contributed by atoms with Gasteiger partial charge in [-0.15, -0.1) is 5.10 Å². The molecule has 3 aromatic rings. The normalized spacial score (nSPS) is 10.4. The number of nitrogens with zero attached hydrogens (tertiary/aromatic N) is 2. The van der Waals surface area contributed by atoms with Gasteiger partial charge in [0.25, 0.3) is 0 Å². The summed E-state index contributed by atoms with van der Waals surface area (Å²) in [5, 5.41) is 4.52. The number of primary amides is 1. The number of rotatable bonds is 7. The van der Waals surface area contributed by atoms with Crippen molar-refractivity contribution in [1.82, 2.24) is 9.78 Å². The Hall–Kier alpha value is -2.80. The van der Waals surface area contributed by atoms with Crippen molar-refractivity contribution in [1.29, 1.82) is 0 Å². The first-order valence-electron chi connectivity index (χ1n) is 8.00. The van der Waals surface area contributed by atoms with Crippen molar-refractivity contribution in [2.45, 2.75) is 0 Å². The van der Waals surface area contributed by atoms with Gasteiger partial charge in [0.15, 0.2) is 5.82 Å². The number of carbonyl (C=O) groups is 1. The molecule has 2 aromatic carbocycles. The van der Waals surface area contributed by atoms with Gasteiger partial charge in [-0.1, -0.05) is 59.6 Å². The van der Waals surface area contributed by atoms with Crippen LogP contribution in [0.2, 0.25) is 0 Å². The highest BCUT2D eigenvalue weighted by molar-refractivity contribution is 6.55. The van der Waals surface area contributed by atoms with Crippen LogP contribution in [0, 0.1) is 0 Å². The van der Waals surface area contributed by atoms with Crippen LogP contribution in [-0.2, 0) is 4.84 Å². The molecule has 0 aliphatic heterocycles. The quantitative estimate of drug-likeness (QED) is 0.455. The molecule has 0 aliphatic carbocycles. The van der Waals surface area contributed by atoms with E-state index in [9.17, 15) is 4.79 Å². The standard InChI is InChI=1S/C19H16Cl2N4O2/c20-17(21)10-11-27-24-18-12-16(14-8-4-5-9-15(14)19(22)26)25(23-18)13-6-2-1-3-7-13/h1-10,12H,11H2,(H2,22,26)(H,23,24). The maximum absolute atomic E-state index is 11.8. The summed E-state index contributed by atoms with van der Waals surface area (Å²) in [6.45, 7) is 0.160. The second-order valence-electron chi connectivity index (χ2n) is 5.48. The fourth-order valence-corrected chi connectivity index (χ4v) is 2.66. The van der Waals surface area contributed by atoms with Crippen LogP contribution < -0.4 is 11.2 Å². The van der Waals surface area contributed by atoms with E-state index < -0.39 is 5.91 Å². The average Bonchev–Trinajstić information content (AvgIpc) is 3.10. The molecule has 0 fully saturated rings. The highest BCUT2D eigenvalue weighted by atomic mass is 35.5. The Labute approximate surface area is 166 Å². The van der Waals surface area contributed by atoms with Gasteiger partial charge in [0, 0.05) is 17.2 Å². The zero-order valence-electron chi connectivity index (χ0n) is 14.1. The van der Waals surface area contributed by atoms with Gasteiger partial charge in [0.05, 0.1) is 18.0 Å². The molecule has 0 spiro atoms. The van der Waals surface area contributed by atoms with E-state index in [2.05, 4.69) is 10.6 Å². The Bertz CT molecular complexity index is 967. The van der Waals surface area contributed by atoms with Crippen LogP contribution in [-0.4, -0.2) is 22.3 Å². The lowest BCUT2D eigenvalue weighted by molar-refractivity contribution is 0.100. The molecule has 0 bridgehead atoms. The molecule has 0 saturated heterocycles. The van der Waals surface area contributed by atoms with Gasteiger partial charge in [0.1, 0.15) is 4.49 Å². The van der Waals surface area contributed by atoms with Crippen LogP contribution in [0.25, 0.3) is 16.9 Å². The van der Waals surface area contributed by atoms with E-state index in [1.165, 1.54) is 6.08 Å². The first-order valence-corrected chi connectivity index (χ1v) is 8.75. The maximum Gasteiger partial charge on any atom is 0.249 e. The molecular weight excluding hydrogens is 387 g/mol. The number of halogens is 2. The van der Waals surface area contributed by atoms with E-state index in [4.69, 9.17) is 33.8 Å². The summed E-state index contributed by atoms with van der Waals surface area (Å²) >= 11 is 11.1. The molecule has 6 nitrogen and oxygen atoms in total. The van der Waals surface area contributed by atoms with Gasteiger partial charge < -0.3 is 5.73 Å². The zero-order valence-corrected chi connectivity index (χ0v) is 15.6. The number of aromatic nitrogens is 2. The summed E-state index contributed by atoms with van der Waals surface area (Å²) in [5.74, 6) is -0.0636. The van der Waals surface area contributed by atoms with E-state index in [0.29, 0.717) is 22.6 Å². The molecule has 3 N–H and O–H groups in total. The predicted octanol–water partition coefficient (Wildman–Crippen LogP) is 4.30. The zero-order chi connectivity index (χ0) is 19.2. The molecule has 1 amide bonds. The Morgan fingerprint density at radius 1 is 1.15 bits per heavy atom. The van der Waals surface area contributed by atoms with Gasteiger partial charge >= 0.3 is 0 Å². The van der Waals surface area contributed by atoms with Crippen molar-refractivity contribution in [3.63, 3.8) is 0 Å². The van der Waals surface area contributed by atoms with Gasteiger partial charge in [-0.25, -0.2) is 10.2 Å². The lowest BCUT2D eigenvalue weighted by Gasteiger charge is -2.10. The molecule has 8 heteroatoms. The molecule has 1 heterocycles. The van der Waals surface area contributed by atoms with E-state index in [-0.39, 0.29) is 11.1 Å². The first kappa shape index (κ1) is 19.0. The number of nitrogens with two attached hydrogens (primary N) is 1. The summed E-state index contributed by atoms with van der Waals surface area (Å²) in [6, 6.07) is 18.4. The average molecular weight is 403 g/mol. The van der Waals surface area contributed by atoms with E-state index in [0.717, 1.165) is 5.69 Å². The third kappa shape index (κ3) is 4.68. The molecule has 0 atom stereocenters. The summed E-state index contributed by atoms with van der Waals surface area (Å²) in [7, 11) is 0. The van der Waals surface area contributed by atoms with Crippen molar-refractivity contribution in [2.75, 3.05) is 12.1 Å². The van der Waals surface area contributed by atoms with Crippen molar-refractivity contribution in [3.05, 3.63) is 76.8 Å². The molecule has 0 radical (unpaired) electrons. The SMILES string of the molecule is NC(=O)c1ccccc1-c1cc(NOCC=C(Cl)Cl)nn1-c1ccccc1. The van der Waals surface area contributed by atoms with Gasteiger partial charge in [0.2, 0.25) is 5.91 Å². The topological polar surface area (TPSA) is 82.2 Å². The Balaban J connectivity index is 2.02. The summed E-state index contributed by atoms with van der Waals surface area (Å²) in [6.07, 6.45) is 1.49. The number of nitrogens with one attached hydrogen (secondary N) is 1. The minimum absolute atomic E-state index is 0.114. The highest BCUT2D eigenvalue weighted by Crippen LogP contribution is 2.28. The lowest BCUT2D eigenvalue weighted by atomic mass is 10.0. The molecule has 138 valence electrons. The summed E-state index contributed by atoms with van der Waals surface area (Å²) in [5.41, 5.74) is 10.8. The minimum Gasteiger partial charge on any atom is -0.366 e. The number of hydrogen-bond acceptors (Lipinski definition) is 4. The maximum atomic E-state index is 11.8. The molecule has 0 saturated carbocycles. The highest BCUT2D eigenvalue weighted by Gasteiger charge is 2.16. The third-order valence-electron chi connectivity index (χ3n) is 3.68. The Morgan fingerprint density at radius 3 is 2.56 bits per heavy atom. The van der Waals surface area contributed by atoms with E-state index >= 15 is 0 Å². The molecule has 1 aromatic heterocycles. The third-order valence-corrected chi connectivity index (χ3v) is 3.98. The number of para-hydroxylation sites is 1. The first-order chi connectivity index (χ1) is 13.1. The molecule has 3 rings (SSSR count). The van der Waals surface area contributed by atoms with Crippen molar-refractivity contribution < 1.29 is 9.63 Å². The van der Waals surface area contributed by atoms with Crippen molar-refractivity contribution in [3.8, 4) is 16.9 Å². The van der Waals surface area contributed by atoms with Crippen LogP contribution in [0.4, 0.5) is 5.82 Å². The minimum atomic E-state index is -0.515. The summed E-state index contributed by atoms with van der Waals surface area (Å²) in [4.78, 5) is 17.1. The molecule has 0 aliphatic rings. The second-order valence-corrected chi connectivity index (χ2v) is 6.49. The van der Waals surface area contributed by atoms with Crippen LogP contribution in [0.5, 0.6) is 0 Å². The fourth-order valence-electron chi connectivity index (χ4n) is 2.53. The van der Waals surface area contributed by atoms with E-state index in [1.807, 2.05) is 42.5 Å². The number of anilines is 1. The van der Waals surface area contributed by atoms with Crippen molar-refractivity contribution in [2.24, 2.45) is 5.73 Å². The Kier molecular flexibility index (Phi) is 6.13. The second kappa shape index (κ2) is 8.73. The largest absolute Gasteiger partial charge is 0.366 e. The lowest BCUT2D eigenvalue weighted by Crippen LogP contribution is -2.13.